The predicted molar refractivity (Wildman–Crippen MR) is 83.8 cm³/mol. The van der Waals surface area contributed by atoms with Crippen LogP contribution in [0, 0.1) is 6.92 Å². The lowest BCUT2D eigenvalue weighted by Gasteiger charge is -2.07. The molecule has 1 heterocycles. The van der Waals surface area contributed by atoms with Crippen molar-refractivity contribution in [1.29, 1.82) is 0 Å². The average molecular weight is 303 g/mol. The number of Topliss-reactive ketones (excluding diaryl/α,β-unsaturated/α-hetero) is 1. The highest BCUT2D eigenvalue weighted by Gasteiger charge is 2.18. The molecule has 2 aromatic rings. The zero-order valence-electron chi connectivity index (χ0n) is 12.2. The van der Waals surface area contributed by atoms with Gasteiger partial charge in [-0.05, 0) is 31.2 Å². The third-order valence-electron chi connectivity index (χ3n) is 2.99. The van der Waals surface area contributed by atoms with Crippen LogP contribution in [0.5, 0.6) is 0 Å². The SMILES string of the molecule is Cc1nc(CC(=O)c2ccc(N)cc2)sc1C(=O)N(C)C. The van der Waals surface area contributed by atoms with E-state index in [1.807, 2.05) is 0 Å². The van der Waals surface area contributed by atoms with Gasteiger partial charge in [0, 0.05) is 25.3 Å². The van der Waals surface area contributed by atoms with E-state index >= 15 is 0 Å². The van der Waals surface area contributed by atoms with E-state index in [0.29, 0.717) is 26.8 Å². The molecule has 0 radical (unpaired) electrons. The molecule has 0 aliphatic heterocycles. The summed E-state index contributed by atoms with van der Waals surface area (Å²) in [6.07, 6.45) is 0.191. The largest absolute Gasteiger partial charge is 0.399 e. The lowest BCUT2D eigenvalue weighted by molar-refractivity contribution is 0.0831. The van der Waals surface area contributed by atoms with Crippen LogP contribution in [0.25, 0.3) is 0 Å². The van der Waals surface area contributed by atoms with Crippen molar-refractivity contribution in [1.82, 2.24) is 9.88 Å². The fourth-order valence-electron chi connectivity index (χ4n) is 1.84. The van der Waals surface area contributed by atoms with Gasteiger partial charge < -0.3 is 10.6 Å². The summed E-state index contributed by atoms with van der Waals surface area (Å²) in [5.74, 6) is -0.121. The van der Waals surface area contributed by atoms with Crippen molar-refractivity contribution in [2.75, 3.05) is 19.8 Å². The summed E-state index contributed by atoms with van der Waals surface area (Å²) in [6.45, 7) is 1.78. The molecule has 0 saturated heterocycles. The van der Waals surface area contributed by atoms with Crippen LogP contribution in [0.3, 0.4) is 0 Å². The van der Waals surface area contributed by atoms with E-state index in [0.717, 1.165) is 0 Å². The number of hydrogen-bond acceptors (Lipinski definition) is 5. The number of benzene rings is 1. The number of carbonyl (C=O) groups excluding carboxylic acids is 2. The fourth-order valence-corrected chi connectivity index (χ4v) is 2.92. The van der Waals surface area contributed by atoms with Crippen molar-refractivity contribution in [2.45, 2.75) is 13.3 Å². The van der Waals surface area contributed by atoms with Gasteiger partial charge in [0.05, 0.1) is 12.1 Å². The molecule has 0 aliphatic rings. The van der Waals surface area contributed by atoms with Gasteiger partial charge in [0.1, 0.15) is 9.88 Å². The second-order valence-electron chi connectivity index (χ2n) is 4.94. The molecule has 0 unspecified atom stereocenters. The van der Waals surface area contributed by atoms with Gasteiger partial charge in [0.2, 0.25) is 0 Å². The van der Waals surface area contributed by atoms with Crippen LogP contribution < -0.4 is 5.73 Å². The Morgan fingerprint density at radius 3 is 2.43 bits per heavy atom. The minimum absolute atomic E-state index is 0.0346. The van der Waals surface area contributed by atoms with Gasteiger partial charge in [-0.1, -0.05) is 0 Å². The van der Waals surface area contributed by atoms with E-state index in [1.165, 1.54) is 16.2 Å². The van der Waals surface area contributed by atoms with Crippen LogP contribution in [-0.2, 0) is 6.42 Å². The van der Waals surface area contributed by atoms with Crippen LogP contribution in [0.1, 0.15) is 30.7 Å². The molecular weight excluding hydrogens is 286 g/mol. The van der Waals surface area contributed by atoms with E-state index in [1.54, 1.807) is 45.3 Å². The molecule has 1 amide bonds. The molecular formula is C15H17N3O2S. The first kappa shape index (κ1) is 15.2. The number of ketones is 1. The quantitative estimate of drug-likeness (QED) is 0.693. The number of anilines is 1. The normalized spacial score (nSPS) is 10.4. The number of nitrogens with zero attached hydrogens (tertiary/aromatic N) is 2. The number of amides is 1. The Morgan fingerprint density at radius 2 is 1.86 bits per heavy atom. The molecule has 21 heavy (non-hydrogen) atoms. The molecule has 0 saturated carbocycles. The molecule has 2 rings (SSSR count). The summed E-state index contributed by atoms with van der Waals surface area (Å²) in [7, 11) is 3.39. The fraction of sp³-hybridized carbons (Fsp3) is 0.267. The summed E-state index contributed by atoms with van der Waals surface area (Å²) in [6, 6.07) is 6.79. The van der Waals surface area contributed by atoms with Crippen LogP contribution in [-0.4, -0.2) is 35.7 Å². The number of hydrogen-bond donors (Lipinski definition) is 1. The van der Waals surface area contributed by atoms with Gasteiger partial charge in [-0.25, -0.2) is 4.98 Å². The third kappa shape index (κ3) is 3.46. The first-order valence-electron chi connectivity index (χ1n) is 6.45. The van der Waals surface area contributed by atoms with Crippen molar-refractivity contribution >= 4 is 28.7 Å². The Hall–Kier alpha value is -2.21. The Bertz CT molecular complexity index is 675. The lowest BCUT2D eigenvalue weighted by atomic mass is 10.1. The van der Waals surface area contributed by atoms with E-state index in [9.17, 15) is 9.59 Å². The van der Waals surface area contributed by atoms with Gasteiger partial charge in [-0.3, -0.25) is 9.59 Å². The first-order valence-corrected chi connectivity index (χ1v) is 7.27. The summed E-state index contributed by atoms with van der Waals surface area (Å²) in [5, 5.41) is 0.652. The van der Waals surface area contributed by atoms with Crippen molar-refractivity contribution in [3.63, 3.8) is 0 Å². The van der Waals surface area contributed by atoms with Crippen molar-refractivity contribution < 1.29 is 9.59 Å². The van der Waals surface area contributed by atoms with Crippen molar-refractivity contribution in [2.24, 2.45) is 0 Å². The van der Waals surface area contributed by atoms with Gasteiger partial charge in [-0.2, -0.15) is 0 Å². The first-order chi connectivity index (χ1) is 9.88. The molecule has 0 spiro atoms. The molecule has 6 heteroatoms. The maximum absolute atomic E-state index is 12.2. The molecule has 2 N–H and O–H groups in total. The number of thiazole rings is 1. The second kappa shape index (κ2) is 6.05. The Morgan fingerprint density at radius 1 is 1.24 bits per heavy atom. The van der Waals surface area contributed by atoms with E-state index in [4.69, 9.17) is 5.73 Å². The monoisotopic (exact) mass is 303 g/mol. The summed E-state index contributed by atoms with van der Waals surface area (Å²) >= 11 is 1.27. The van der Waals surface area contributed by atoms with Crippen molar-refractivity contribution in [3.8, 4) is 0 Å². The zero-order valence-corrected chi connectivity index (χ0v) is 13.0. The molecule has 110 valence electrons. The molecule has 0 fully saturated rings. The highest BCUT2D eigenvalue weighted by molar-refractivity contribution is 7.13. The van der Waals surface area contributed by atoms with Crippen LogP contribution in [0.15, 0.2) is 24.3 Å². The summed E-state index contributed by atoms with van der Waals surface area (Å²) in [5.41, 5.74) is 7.48. The number of rotatable bonds is 4. The maximum atomic E-state index is 12.2. The number of aromatic nitrogens is 1. The topological polar surface area (TPSA) is 76.3 Å². The van der Waals surface area contributed by atoms with E-state index < -0.39 is 0 Å². The zero-order chi connectivity index (χ0) is 15.6. The predicted octanol–water partition coefficient (Wildman–Crippen LogP) is 2.16. The smallest absolute Gasteiger partial charge is 0.265 e. The van der Waals surface area contributed by atoms with Crippen molar-refractivity contribution in [3.05, 3.63) is 45.4 Å². The van der Waals surface area contributed by atoms with Gasteiger partial charge in [0.15, 0.2) is 5.78 Å². The average Bonchev–Trinajstić information content (AvgIpc) is 2.79. The molecule has 1 aromatic carbocycles. The van der Waals surface area contributed by atoms with Crippen LogP contribution in [0.4, 0.5) is 5.69 Å². The number of carbonyl (C=O) groups is 2. The maximum Gasteiger partial charge on any atom is 0.265 e. The molecule has 0 bridgehead atoms. The Balaban J connectivity index is 2.17. The number of aryl methyl sites for hydroxylation is 1. The Labute approximate surface area is 127 Å². The minimum atomic E-state index is -0.0869. The lowest BCUT2D eigenvalue weighted by Crippen LogP contribution is -2.21. The number of nitrogens with two attached hydrogens (primary N) is 1. The number of nitrogen functional groups attached to an aromatic ring is 1. The van der Waals surface area contributed by atoms with Gasteiger partial charge >= 0.3 is 0 Å². The van der Waals surface area contributed by atoms with E-state index in [2.05, 4.69) is 4.98 Å². The molecule has 0 aliphatic carbocycles. The molecule has 5 nitrogen and oxygen atoms in total. The standard InChI is InChI=1S/C15H17N3O2S/c1-9-14(15(20)18(2)3)21-13(17-9)8-12(19)10-4-6-11(16)7-5-10/h4-7H,8,16H2,1-3H3. The highest BCUT2D eigenvalue weighted by atomic mass is 32.1. The van der Waals surface area contributed by atoms with Gasteiger partial charge in [-0.15, -0.1) is 11.3 Å². The Kier molecular flexibility index (Phi) is 4.37. The molecule has 1 aromatic heterocycles. The summed E-state index contributed by atoms with van der Waals surface area (Å²) < 4.78 is 0. The van der Waals surface area contributed by atoms with E-state index in [-0.39, 0.29) is 18.1 Å². The highest BCUT2D eigenvalue weighted by Crippen LogP contribution is 2.21. The molecule has 0 atom stereocenters. The van der Waals surface area contributed by atoms with Crippen LogP contribution in [0.2, 0.25) is 0 Å². The summed E-state index contributed by atoms with van der Waals surface area (Å²) in [4.78, 5) is 30.6. The van der Waals surface area contributed by atoms with Crippen LogP contribution >= 0.6 is 11.3 Å². The van der Waals surface area contributed by atoms with Gasteiger partial charge in [0.25, 0.3) is 5.91 Å². The second-order valence-corrected chi connectivity index (χ2v) is 6.03. The third-order valence-corrected chi connectivity index (χ3v) is 4.13. The minimum Gasteiger partial charge on any atom is -0.399 e.